The van der Waals surface area contributed by atoms with Gasteiger partial charge in [0.1, 0.15) is 12.2 Å². The minimum Gasteiger partial charge on any atom is -0.493 e. The fraction of sp³-hybridized carbons (Fsp3) is 0.217. The molecule has 4 rings (SSSR count). The van der Waals surface area contributed by atoms with Crippen molar-refractivity contribution in [2.24, 2.45) is 0 Å². The van der Waals surface area contributed by atoms with Crippen LogP contribution in [0.1, 0.15) is 10.6 Å². The van der Waals surface area contributed by atoms with Gasteiger partial charge in [-0.1, -0.05) is 12.1 Å². The summed E-state index contributed by atoms with van der Waals surface area (Å²) in [4.78, 5) is 30.1. The molecule has 0 aliphatic rings. The number of aryl methyl sites for hydroxylation is 2. The van der Waals surface area contributed by atoms with Gasteiger partial charge in [-0.15, -0.1) is 11.3 Å². The van der Waals surface area contributed by atoms with E-state index in [4.69, 9.17) is 9.47 Å². The number of nitrogens with zero attached hydrogens (tertiary/aromatic N) is 3. The summed E-state index contributed by atoms with van der Waals surface area (Å²) >= 11 is 1.38. The van der Waals surface area contributed by atoms with E-state index < -0.39 is 5.56 Å². The maximum absolute atomic E-state index is 13.0. The summed E-state index contributed by atoms with van der Waals surface area (Å²) < 4.78 is 12.5. The van der Waals surface area contributed by atoms with Crippen LogP contribution >= 0.6 is 11.3 Å². The molecule has 8 nitrogen and oxygen atoms in total. The van der Waals surface area contributed by atoms with Crippen molar-refractivity contribution in [3.63, 3.8) is 0 Å². The number of carbonyl (C=O) groups is 1. The summed E-state index contributed by atoms with van der Waals surface area (Å²) in [6, 6.07) is 12.8. The summed E-state index contributed by atoms with van der Waals surface area (Å²) in [5, 5.41) is 8.08. The van der Waals surface area contributed by atoms with Crippen molar-refractivity contribution >= 4 is 33.1 Å². The van der Waals surface area contributed by atoms with Crippen LogP contribution in [-0.2, 0) is 11.3 Å². The van der Waals surface area contributed by atoms with E-state index in [2.05, 4.69) is 15.4 Å². The summed E-state index contributed by atoms with van der Waals surface area (Å²) in [6.45, 7) is 3.53. The Labute approximate surface area is 188 Å². The van der Waals surface area contributed by atoms with Crippen molar-refractivity contribution in [2.45, 2.75) is 20.4 Å². The number of anilines is 1. The van der Waals surface area contributed by atoms with Crippen molar-refractivity contribution in [2.75, 3.05) is 19.5 Å². The van der Waals surface area contributed by atoms with Gasteiger partial charge in [0.15, 0.2) is 17.0 Å². The Kier molecular flexibility index (Phi) is 5.91. The Morgan fingerprint density at radius 2 is 1.88 bits per heavy atom. The van der Waals surface area contributed by atoms with Crippen LogP contribution in [0.2, 0.25) is 0 Å². The summed E-state index contributed by atoms with van der Waals surface area (Å²) in [6.07, 6.45) is 0. The molecule has 2 aromatic heterocycles. The SMILES string of the molecule is COc1ccc(-c2nn(CC(=O)Nc3cccc(C)c3)c(=O)c3nc(C)sc23)cc1OC. The Balaban J connectivity index is 1.77. The van der Waals surface area contributed by atoms with E-state index in [0.29, 0.717) is 27.6 Å². The Morgan fingerprint density at radius 3 is 2.59 bits per heavy atom. The van der Waals surface area contributed by atoms with E-state index >= 15 is 0 Å². The molecular formula is C23H22N4O4S. The number of hydrogen-bond donors (Lipinski definition) is 1. The number of thiazole rings is 1. The van der Waals surface area contributed by atoms with Gasteiger partial charge in [-0.3, -0.25) is 9.59 Å². The molecule has 4 aromatic rings. The molecule has 0 bridgehead atoms. The molecule has 0 atom stereocenters. The largest absolute Gasteiger partial charge is 0.493 e. The molecule has 0 fully saturated rings. The molecule has 0 aliphatic heterocycles. The van der Waals surface area contributed by atoms with E-state index in [1.165, 1.54) is 11.3 Å². The third kappa shape index (κ3) is 4.19. The van der Waals surface area contributed by atoms with Crippen molar-refractivity contribution in [1.82, 2.24) is 14.8 Å². The van der Waals surface area contributed by atoms with Crippen LogP contribution < -0.4 is 20.3 Å². The van der Waals surface area contributed by atoms with E-state index in [0.717, 1.165) is 20.8 Å². The zero-order valence-electron chi connectivity index (χ0n) is 18.1. The van der Waals surface area contributed by atoms with Crippen molar-refractivity contribution in [3.05, 3.63) is 63.4 Å². The maximum atomic E-state index is 13.0. The third-order valence-corrected chi connectivity index (χ3v) is 5.84. The lowest BCUT2D eigenvalue weighted by Crippen LogP contribution is -2.30. The molecule has 0 radical (unpaired) electrons. The molecule has 164 valence electrons. The van der Waals surface area contributed by atoms with Gasteiger partial charge >= 0.3 is 0 Å². The van der Waals surface area contributed by atoms with E-state index in [1.807, 2.05) is 38.1 Å². The topological polar surface area (TPSA) is 95.3 Å². The zero-order chi connectivity index (χ0) is 22.8. The quantitative estimate of drug-likeness (QED) is 0.480. The van der Waals surface area contributed by atoms with Crippen LogP contribution in [0.4, 0.5) is 5.69 Å². The normalized spacial score (nSPS) is 10.9. The van der Waals surface area contributed by atoms with Crippen LogP contribution in [0, 0.1) is 13.8 Å². The Bertz CT molecular complexity index is 1380. The minimum atomic E-state index is -0.409. The molecule has 2 aromatic carbocycles. The standard InChI is InChI=1S/C23H22N4O4S/c1-13-6-5-7-16(10-13)25-19(28)12-27-23(29)21-22(32-14(2)24-21)20(26-27)15-8-9-17(30-3)18(11-15)31-4/h5-11H,12H2,1-4H3,(H,25,28). The second-order valence-electron chi connectivity index (χ2n) is 7.21. The fourth-order valence-corrected chi connectivity index (χ4v) is 4.32. The van der Waals surface area contributed by atoms with Crippen LogP contribution in [-0.4, -0.2) is 34.9 Å². The van der Waals surface area contributed by atoms with Gasteiger partial charge in [0.05, 0.1) is 23.9 Å². The first kappa shape index (κ1) is 21.5. The molecule has 0 saturated heterocycles. The van der Waals surface area contributed by atoms with Crippen LogP contribution in [0.5, 0.6) is 11.5 Å². The number of nitrogens with one attached hydrogen (secondary N) is 1. The Morgan fingerprint density at radius 1 is 1.09 bits per heavy atom. The van der Waals surface area contributed by atoms with Crippen LogP contribution in [0.15, 0.2) is 47.3 Å². The molecule has 0 spiro atoms. The summed E-state index contributed by atoms with van der Waals surface area (Å²) in [5.41, 5.74) is 2.84. The molecule has 2 heterocycles. The molecule has 0 aliphatic carbocycles. The highest BCUT2D eigenvalue weighted by atomic mass is 32.1. The average molecular weight is 451 g/mol. The highest BCUT2D eigenvalue weighted by Crippen LogP contribution is 2.35. The first-order valence-corrected chi connectivity index (χ1v) is 10.7. The number of methoxy groups -OCH3 is 2. The lowest BCUT2D eigenvalue weighted by atomic mass is 10.1. The predicted octanol–water partition coefficient (Wildman–Crippen LogP) is 3.79. The molecule has 1 amide bonds. The number of ether oxygens (including phenoxy) is 2. The number of hydrogen-bond acceptors (Lipinski definition) is 7. The minimum absolute atomic E-state index is 0.237. The highest BCUT2D eigenvalue weighted by molar-refractivity contribution is 7.19. The van der Waals surface area contributed by atoms with Gasteiger partial charge in [0, 0.05) is 11.3 Å². The van der Waals surface area contributed by atoms with Crippen LogP contribution in [0.25, 0.3) is 21.5 Å². The fourth-order valence-electron chi connectivity index (χ4n) is 3.41. The smallest absolute Gasteiger partial charge is 0.294 e. The number of amides is 1. The monoisotopic (exact) mass is 450 g/mol. The van der Waals surface area contributed by atoms with E-state index in [9.17, 15) is 9.59 Å². The summed E-state index contributed by atoms with van der Waals surface area (Å²) in [5.74, 6) is 0.768. The first-order chi connectivity index (χ1) is 15.4. The van der Waals surface area contributed by atoms with Gasteiger partial charge in [-0.05, 0) is 49.7 Å². The van der Waals surface area contributed by atoms with Gasteiger partial charge in [0.2, 0.25) is 5.91 Å². The molecule has 0 unspecified atom stereocenters. The van der Waals surface area contributed by atoms with E-state index in [-0.39, 0.29) is 18.0 Å². The average Bonchev–Trinajstić information content (AvgIpc) is 3.17. The zero-order valence-corrected chi connectivity index (χ0v) is 18.9. The van der Waals surface area contributed by atoms with Gasteiger partial charge in [-0.25, -0.2) is 9.67 Å². The first-order valence-electron chi connectivity index (χ1n) is 9.86. The molecular weight excluding hydrogens is 428 g/mol. The number of rotatable bonds is 6. The highest BCUT2D eigenvalue weighted by Gasteiger charge is 2.19. The maximum Gasteiger partial charge on any atom is 0.294 e. The van der Waals surface area contributed by atoms with Gasteiger partial charge in [0.25, 0.3) is 5.56 Å². The number of benzene rings is 2. The number of fused-ring (bicyclic) bond motifs is 1. The van der Waals surface area contributed by atoms with Gasteiger partial charge in [-0.2, -0.15) is 5.10 Å². The van der Waals surface area contributed by atoms with E-state index in [1.54, 1.807) is 32.4 Å². The number of aromatic nitrogens is 3. The molecule has 9 heteroatoms. The number of carbonyl (C=O) groups excluding carboxylic acids is 1. The Hall–Kier alpha value is -3.72. The second kappa shape index (κ2) is 8.80. The van der Waals surface area contributed by atoms with Gasteiger partial charge < -0.3 is 14.8 Å². The lowest BCUT2D eigenvalue weighted by molar-refractivity contribution is -0.117. The molecule has 1 N–H and O–H groups in total. The molecule has 32 heavy (non-hydrogen) atoms. The summed E-state index contributed by atoms with van der Waals surface area (Å²) in [7, 11) is 3.12. The predicted molar refractivity (Wildman–Crippen MR) is 125 cm³/mol. The van der Waals surface area contributed by atoms with Crippen molar-refractivity contribution in [1.29, 1.82) is 0 Å². The van der Waals surface area contributed by atoms with Crippen LogP contribution in [0.3, 0.4) is 0 Å². The third-order valence-electron chi connectivity index (χ3n) is 4.86. The van der Waals surface area contributed by atoms with Crippen molar-refractivity contribution < 1.29 is 14.3 Å². The van der Waals surface area contributed by atoms with Crippen molar-refractivity contribution in [3.8, 4) is 22.8 Å². The second-order valence-corrected chi connectivity index (χ2v) is 8.41. The molecule has 0 saturated carbocycles. The lowest BCUT2D eigenvalue weighted by Gasteiger charge is -2.12.